The molecule has 3 N–H and O–H groups in total. The van der Waals surface area contributed by atoms with Crippen LogP contribution in [0, 0.1) is 11.3 Å². The third-order valence-electron chi connectivity index (χ3n) is 8.49. The van der Waals surface area contributed by atoms with Crippen molar-refractivity contribution in [1.82, 2.24) is 15.4 Å². The number of hydrogen-bond donors (Lipinski definition) is 3. The standard InChI is InChI=1S/C33H33N3O5/c37-20-25-9-6-16-36(25)32(39)33(19-28(33)31(38)35-40)18-22-12-14-26(15-13-22)41-21-24-17-30(23-7-2-1-3-8-23)34-29-11-5-4-10-27(24)29/h1-5,7-8,10-15,17,25,28,37,40H,6,9,16,18-21H2,(H,35,38). The van der Waals surface area contributed by atoms with Gasteiger partial charge in [0.05, 0.1) is 35.2 Å². The molecule has 0 radical (unpaired) electrons. The fourth-order valence-corrected chi connectivity index (χ4v) is 6.17. The number of para-hydroxylation sites is 1. The highest BCUT2D eigenvalue weighted by Crippen LogP contribution is 2.56. The normalized spacial score (nSPS) is 21.6. The molecule has 8 heteroatoms. The van der Waals surface area contributed by atoms with E-state index in [9.17, 15) is 19.9 Å². The molecular formula is C33H33N3O5. The lowest BCUT2D eigenvalue weighted by Gasteiger charge is -2.28. The van der Waals surface area contributed by atoms with E-state index in [1.54, 1.807) is 10.4 Å². The molecule has 0 bridgehead atoms. The maximum Gasteiger partial charge on any atom is 0.247 e. The number of amides is 2. The predicted octanol–water partition coefficient (Wildman–Crippen LogP) is 4.52. The van der Waals surface area contributed by atoms with Gasteiger partial charge in [-0.3, -0.25) is 14.8 Å². The van der Waals surface area contributed by atoms with Crippen LogP contribution in [0.1, 0.15) is 30.4 Å². The first-order chi connectivity index (χ1) is 20.0. The molecule has 2 amide bonds. The number of rotatable bonds is 9. The number of benzene rings is 3. The minimum atomic E-state index is -0.920. The van der Waals surface area contributed by atoms with Gasteiger partial charge in [-0.1, -0.05) is 60.7 Å². The number of carbonyl (C=O) groups excluding carboxylic acids is 2. The number of nitrogens with one attached hydrogen (secondary N) is 1. The second kappa shape index (κ2) is 11.3. The highest BCUT2D eigenvalue weighted by Gasteiger charge is 2.64. The van der Waals surface area contributed by atoms with Crippen LogP contribution in [0.15, 0.2) is 84.9 Å². The van der Waals surface area contributed by atoms with Crippen molar-refractivity contribution in [2.75, 3.05) is 13.2 Å². The number of ether oxygens (including phenoxy) is 1. The zero-order valence-corrected chi connectivity index (χ0v) is 22.7. The van der Waals surface area contributed by atoms with Crippen LogP contribution in [0.25, 0.3) is 22.2 Å². The number of aliphatic hydroxyl groups is 1. The van der Waals surface area contributed by atoms with Crippen molar-refractivity contribution in [1.29, 1.82) is 0 Å². The molecule has 8 nitrogen and oxygen atoms in total. The Labute approximate surface area is 238 Å². The number of nitrogens with zero attached hydrogens (tertiary/aromatic N) is 2. The van der Waals surface area contributed by atoms with Crippen LogP contribution in [0.5, 0.6) is 5.75 Å². The molecule has 1 aliphatic heterocycles. The van der Waals surface area contributed by atoms with Crippen molar-refractivity contribution in [2.45, 2.75) is 38.3 Å². The number of hydrogen-bond acceptors (Lipinski definition) is 6. The molecule has 1 aliphatic carbocycles. The van der Waals surface area contributed by atoms with E-state index in [0.717, 1.165) is 46.1 Å². The number of fused-ring (bicyclic) bond motifs is 1. The summed E-state index contributed by atoms with van der Waals surface area (Å²) in [5, 5.41) is 20.0. The van der Waals surface area contributed by atoms with Crippen LogP contribution in [0.3, 0.4) is 0 Å². The van der Waals surface area contributed by atoms with E-state index in [4.69, 9.17) is 9.72 Å². The molecule has 2 heterocycles. The Bertz CT molecular complexity index is 1560. The molecule has 1 saturated heterocycles. The van der Waals surface area contributed by atoms with E-state index in [2.05, 4.69) is 6.07 Å². The highest BCUT2D eigenvalue weighted by atomic mass is 16.5. The average Bonchev–Trinajstić information content (AvgIpc) is 3.55. The Morgan fingerprint density at radius 1 is 1.02 bits per heavy atom. The molecule has 0 spiro atoms. The number of aliphatic hydroxyl groups excluding tert-OH is 1. The van der Waals surface area contributed by atoms with Gasteiger partial charge in [0.1, 0.15) is 12.4 Å². The van der Waals surface area contributed by atoms with Gasteiger partial charge in [0.2, 0.25) is 11.8 Å². The Morgan fingerprint density at radius 2 is 1.78 bits per heavy atom. The van der Waals surface area contributed by atoms with E-state index < -0.39 is 17.2 Å². The Morgan fingerprint density at radius 3 is 2.54 bits per heavy atom. The predicted molar refractivity (Wildman–Crippen MR) is 154 cm³/mol. The number of hydroxylamine groups is 1. The van der Waals surface area contributed by atoms with Gasteiger partial charge in [-0.2, -0.15) is 0 Å². The summed E-state index contributed by atoms with van der Waals surface area (Å²) in [7, 11) is 0. The molecule has 1 saturated carbocycles. The van der Waals surface area contributed by atoms with Gasteiger partial charge in [0, 0.05) is 23.1 Å². The van der Waals surface area contributed by atoms with Crippen LogP contribution >= 0.6 is 0 Å². The molecule has 2 aliphatic rings. The molecular weight excluding hydrogens is 518 g/mol. The summed E-state index contributed by atoms with van der Waals surface area (Å²) in [6.07, 6.45) is 2.31. The van der Waals surface area contributed by atoms with Crippen molar-refractivity contribution in [2.24, 2.45) is 11.3 Å². The van der Waals surface area contributed by atoms with Gasteiger partial charge >= 0.3 is 0 Å². The summed E-state index contributed by atoms with van der Waals surface area (Å²) in [6, 6.07) is 27.5. The van der Waals surface area contributed by atoms with Gasteiger partial charge in [0.25, 0.3) is 0 Å². The van der Waals surface area contributed by atoms with Gasteiger partial charge in [-0.05, 0) is 55.5 Å². The maximum absolute atomic E-state index is 13.6. The minimum Gasteiger partial charge on any atom is -0.489 e. The van der Waals surface area contributed by atoms with Crippen LogP contribution in [0.2, 0.25) is 0 Å². The van der Waals surface area contributed by atoms with Crippen LogP contribution in [-0.4, -0.2) is 51.2 Å². The van der Waals surface area contributed by atoms with Gasteiger partial charge in [-0.15, -0.1) is 0 Å². The molecule has 2 fully saturated rings. The lowest BCUT2D eigenvalue weighted by atomic mass is 9.91. The van der Waals surface area contributed by atoms with E-state index in [1.165, 1.54) is 0 Å². The summed E-state index contributed by atoms with van der Waals surface area (Å²) in [6.45, 7) is 0.840. The third kappa shape index (κ3) is 5.28. The van der Waals surface area contributed by atoms with E-state index >= 15 is 0 Å². The van der Waals surface area contributed by atoms with Crippen LogP contribution < -0.4 is 10.2 Å². The van der Waals surface area contributed by atoms with Crippen molar-refractivity contribution < 1.29 is 24.6 Å². The number of pyridine rings is 1. The van der Waals surface area contributed by atoms with E-state index in [1.807, 2.05) is 78.9 Å². The summed E-state index contributed by atoms with van der Waals surface area (Å²) in [5.41, 5.74) is 5.57. The topological polar surface area (TPSA) is 112 Å². The molecule has 210 valence electrons. The third-order valence-corrected chi connectivity index (χ3v) is 8.49. The summed E-state index contributed by atoms with van der Waals surface area (Å²) >= 11 is 0. The largest absolute Gasteiger partial charge is 0.489 e. The van der Waals surface area contributed by atoms with E-state index in [0.29, 0.717) is 31.7 Å². The molecule has 41 heavy (non-hydrogen) atoms. The Balaban J connectivity index is 1.19. The smallest absolute Gasteiger partial charge is 0.247 e. The first kappa shape index (κ1) is 26.9. The lowest BCUT2D eigenvalue weighted by molar-refractivity contribution is -0.142. The van der Waals surface area contributed by atoms with Crippen molar-refractivity contribution >= 4 is 22.7 Å². The zero-order chi connectivity index (χ0) is 28.4. The highest BCUT2D eigenvalue weighted by molar-refractivity contribution is 5.96. The van der Waals surface area contributed by atoms with Crippen molar-refractivity contribution in [3.63, 3.8) is 0 Å². The Kier molecular flexibility index (Phi) is 7.43. The lowest BCUT2D eigenvalue weighted by Crippen LogP contribution is -2.44. The molecule has 1 aromatic heterocycles. The van der Waals surface area contributed by atoms with Crippen LogP contribution in [-0.2, 0) is 22.6 Å². The van der Waals surface area contributed by atoms with Gasteiger partial charge in [-0.25, -0.2) is 10.5 Å². The van der Waals surface area contributed by atoms with Crippen LogP contribution in [0.4, 0.5) is 0 Å². The van der Waals surface area contributed by atoms with Gasteiger partial charge in [0.15, 0.2) is 0 Å². The molecule has 4 aromatic rings. The first-order valence-electron chi connectivity index (χ1n) is 14.0. The number of aromatic nitrogens is 1. The van der Waals surface area contributed by atoms with Crippen molar-refractivity contribution in [3.8, 4) is 17.0 Å². The molecule has 3 atom stereocenters. The SMILES string of the molecule is O=C(NO)C1CC1(Cc1ccc(OCc2cc(-c3ccccc3)nc3ccccc23)cc1)C(=O)N1CCCC1CO. The monoisotopic (exact) mass is 551 g/mol. The fraction of sp³-hybridized carbons (Fsp3) is 0.303. The Hall–Kier alpha value is -4.27. The van der Waals surface area contributed by atoms with E-state index in [-0.39, 0.29) is 18.6 Å². The summed E-state index contributed by atoms with van der Waals surface area (Å²) in [4.78, 5) is 32.5. The number of likely N-dealkylation sites (tertiary alicyclic amines) is 1. The minimum absolute atomic E-state index is 0.0929. The molecule has 3 aromatic carbocycles. The summed E-state index contributed by atoms with van der Waals surface area (Å²) in [5.74, 6) is -0.578. The quantitative estimate of drug-likeness (QED) is 0.208. The fourth-order valence-electron chi connectivity index (χ4n) is 6.17. The van der Waals surface area contributed by atoms with Gasteiger partial charge < -0.3 is 14.7 Å². The zero-order valence-electron chi connectivity index (χ0n) is 22.7. The maximum atomic E-state index is 13.6. The first-order valence-corrected chi connectivity index (χ1v) is 14.0. The molecule has 3 unspecified atom stereocenters. The second-order valence-corrected chi connectivity index (χ2v) is 11.0. The number of carbonyl (C=O) groups is 2. The molecule has 6 rings (SSSR count). The second-order valence-electron chi connectivity index (χ2n) is 11.0. The summed E-state index contributed by atoms with van der Waals surface area (Å²) < 4.78 is 6.20. The van der Waals surface area contributed by atoms with Crippen molar-refractivity contribution in [3.05, 3.63) is 96.1 Å². The average molecular weight is 552 g/mol.